The second-order valence-corrected chi connectivity index (χ2v) is 6.73. The predicted molar refractivity (Wildman–Crippen MR) is 103 cm³/mol. The summed E-state index contributed by atoms with van der Waals surface area (Å²) in [7, 11) is 3.87. The third-order valence-electron chi connectivity index (χ3n) is 3.92. The van der Waals surface area contributed by atoms with Crippen molar-refractivity contribution in [2.45, 2.75) is 11.2 Å². The molecule has 9 nitrogen and oxygen atoms in total. The molecule has 1 atom stereocenters. The third-order valence-corrected chi connectivity index (χ3v) is 4.54. The fraction of sp³-hybridized carbons (Fsp3) is 0.294. The maximum atomic E-state index is 12.3. The van der Waals surface area contributed by atoms with E-state index in [1.54, 1.807) is 10.9 Å². The van der Waals surface area contributed by atoms with E-state index in [0.717, 1.165) is 11.4 Å². The van der Waals surface area contributed by atoms with Gasteiger partial charge in [0.05, 0.1) is 18.0 Å². The van der Waals surface area contributed by atoms with Crippen molar-refractivity contribution < 1.29 is 9.21 Å². The molecular formula is C17H21N7O2S. The molecule has 0 fully saturated rings. The van der Waals surface area contributed by atoms with Crippen LogP contribution in [-0.4, -0.2) is 58.0 Å². The zero-order chi connectivity index (χ0) is 19.2. The van der Waals surface area contributed by atoms with Crippen LogP contribution in [0, 0.1) is 0 Å². The van der Waals surface area contributed by atoms with E-state index in [-0.39, 0.29) is 12.1 Å². The van der Waals surface area contributed by atoms with Gasteiger partial charge in [0.15, 0.2) is 0 Å². The molecule has 0 radical (unpaired) electrons. The Hall–Kier alpha value is -2.85. The van der Waals surface area contributed by atoms with E-state index < -0.39 is 0 Å². The number of aromatic nitrogens is 4. The van der Waals surface area contributed by atoms with Crippen molar-refractivity contribution in [1.82, 2.24) is 30.4 Å². The molecule has 27 heavy (non-hydrogen) atoms. The van der Waals surface area contributed by atoms with Gasteiger partial charge in [0, 0.05) is 12.2 Å². The van der Waals surface area contributed by atoms with Crippen molar-refractivity contribution >= 4 is 23.5 Å². The van der Waals surface area contributed by atoms with E-state index in [1.165, 1.54) is 11.8 Å². The first kappa shape index (κ1) is 18.9. The smallest absolute Gasteiger partial charge is 0.319 e. The molecule has 2 aromatic heterocycles. The number of furan rings is 1. The highest BCUT2D eigenvalue weighted by Gasteiger charge is 2.18. The SMILES string of the molecule is CSc1nnnn1-c1cccc(NC(=O)NC[C@H](c2ccco2)N(C)C)c1. The summed E-state index contributed by atoms with van der Waals surface area (Å²) in [6.07, 6.45) is 3.52. The van der Waals surface area contributed by atoms with Crippen molar-refractivity contribution in [3.63, 3.8) is 0 Å². The van der Waals surface area contributed by atoms with Gasteiger partial charge >= 0.3 is 6.03 Å². The van der Waals surface area contributed by atoms with E-state index in [1.807, 2.05) is 61.6 Å². The molecule has 10 heteroatoms. The number of hydrogen-bond donors (Lipinski definition) is 2. The Kier molecular flexibility index (Phi) is 6.09. The van der Waals surface area contributed by atoms with Crippen LogP contribution in [0.3, 0.4) is 0 Å². The number of urea groups is 1. The molecule has 142 valence electrons. The lowest BCUT2D eigenvalue weighted by atomic mass is 10.2. The van der Waals surface area contributed by atoms with Crippen LogP contribution in [0.1, 0.15) is 11.8 Å². The number of nitrogens with zero attached hydrogens (tertiary/aromatic N) is 5. The lowest BCUT2D eigenvalue weighted by Crippen LogP contribution is -2.36. The van der Waals surface area contributed by atoms with Gasteiger partial charge < -0.3 is 15.1 Å². The average molecular weight is 387 g/mol. The number of amides is 2. The molecular weight excluding hydrogens is 366 g/mol. The number of carbonyl (C=O) groups is 1. The van der Waals surface area contributed by atoms with Crippen LogP contribution >= 0.6 is 11.8 Å². The van der Waals surface area contributed by atoms with E-state index in [4.69, 9.17) is 4.42 Å². The molecule has 0 saturated carbocycles. The van der Waals surface area contributed by atoms with Gasteiger partial charge in [-0.05, 0) is 61.1 Å². The Morgan fingerprint density at radius 1 is 1.33 bits per heavy atom. The lowest BCUT2D eigenvalue weighted by Gasteiger charge is -2.22. The quantitative estimate of drug-likeness (QED) is 0.600. The first-order valence-electron chi connectivity index (χ1n) is 8.26. The highest BCUT2D eigenvalue weighted by Crippen LogP contribution is 2.19. The van der Waals surface area contributed by atoms with Crippen molar-refractivity contribution in [3.05, 3.63) is 48.4 Å². The van der Waals surface area contributed by atoms with E-state index >= 15 is 0 Å². The number of nitrogens with one attached hydrogen (secondary N) is 2. The average Bonchev–Trinajstić information content (AvgIpc) is 3.33. The summed E-state index contributed by atoms with van der Waals surface area (Å²) in [4.78, 5) is 14.3. The molecule has 3 aromatic rings. The summed E-state index contributed by atoms with van der Waals surface area (Å²) in [5.41, 5.74) is 1.41. The topological polar surface area (TPSA) is 101 Å². The van der Waals surface area contributed by atoms with Crippen molar-refractivity contribution in [2.24, 2.45) is 0 Å². The van der Waals surface area contributed by atoms with E-state index in [0.29, 0.717) is 17.4 Å². The van der Waals surface area contributed by atoms with Crippen LogP contribution in [0.15, 0.2) is 52.2 Å². The number of thioether (sulfide) groups is 1. The number of carbonyl (C=O) groups excluding carboxylic acids is 1. The van der Waals surface area contributed by atoms with Crippen LogP contribution in [-0.2, 0) is 0 Å². The Morgan fingerprint density at radius 2 is 2.19 bits per heavy atom. The molecule has 0 unspecified atom stereocenters. The van der Waals surface area contributed by atoms with Gasteiger partial charge in [-0.15, -0.1) is 5.10 Å². The summed E-state index contributed by atoms with van der Waals surface area (Å²) in [5, 5.41) is 18.0. The van der Waals surface area contributed by atoms with Crippen LogP contribution in [0.25, 0.3) is 5.69 Å². The van der Waals surface area contributed by atoms with E-state index in [2.05, 4.69) is 26.2 Å². The summed E-state index contributed by atoms with van der Waals surface area (Å²) in [6, 6.07) is 10.7. The van der Waals surface area contributed by atoms with Crippen LogP contribution < -0.4 is 10.6 Å². The molecule has 0 spiro atoms. The van der Waals surface area contributed by atoms with Gasteiger partial charge in [-0.3, -0.25) is 4.90 Å². The number of likely N-dealkylation sites (N-methyl/N-ethyl adjacent to an activating group) is 1. The minimum absolute atomic E-state index is 0.0533. The Labute approximate surface area is 161 Å². The number of anilines is 1. The van der Waals surface area contributed by atoms with Crippen LogP contribution in [0.5, 0.6) is 0 Å². The first-order valence-corrected chi connectivity index (χ1v) is 9.48. The second kappa shape index (κ2) is 8.69. The lowest BCUT2D eigenvalue weighted by molar-refractivity contribution is 0.233. The fourth-order valence-corrected chi connectivity index (χ4v) is 3.00. The summed E-state index contributed by atoms with van der Waals surface area (Å²) in [6.45, 7) is 0.412. The molecule has 0 bridgehead atoms. The highest BCUT2D eigenvalue weighted by atomic mass is 32.2. The minimum Gasteiger partial charge on any atom is -0.468 e. The normalized spacial score (nSPS) is 12.1. The number of hydrogen-bond acceptors (Lipinski definition) is 7. The number of benzene rings is 1. The van der Waals surface area contributed by atoms with Gasteiger partial charge in [-0.1, -0.05) is 17.8 Å². The summed E-state index contributed by atoms with van der Waals surface area (Å²) < 4.78 is 7.07. The molecule has 2 N–H and O–H groups in total. The first-order chi connectivity index (χ1) is 13.1. The van der Waals surface area contributed by atoms with Gasteiger partial charge in [0.2, 0.25) is 5.16 Å². The number of tetrazole rings is 1. The largest absolute Gasteiger partial charge is 0.468 e. The van der Waals surface area contributed by atoms with Gasteiger partial charge in [0.25, 0.3) is 0 Å². The maximum absolute atomic E-state index is 12.3. The van der Waals surface area contributed by atoms with Crippen LogP contribution in [0.2, 0.25) is 0 Å². The predicted octanol–water partition coefficient (Wildman–Crippen LogP) is 2.40. The molecule has 2 heterocycles. The number of rotatable bonds is 7. The Morgan fingerprint density at radius 3 is 2.89 bits per heavy atom. The minimum atomic E-state index is -0.299. The highest BCUT2D eigenvalue weighted by molar-refractivity contribution is 7.98. The zero-order valence-electron chi connectivity index (χ0n) is 15.3. The van der Waals surface area contributed by atoms with Crippen molar-refractivity contribution in [2.75, 3.05) is 32.2 Å². The maximum Gasteiger partial charge on any atom is 0.319 e. The van der Waals surface area contributed by atoms with Crippen molar-refractivity contribution in [3.8, 4) is 5.69 Å². The summed E-state index contributed by atoms with van der Waals surface area (Å²) in [5.74, 6) is 0.797. The van der Waals surface area contributed by atoms with E-state index in [9.17, 15) is 4.79 Å². The molecule has 0 aliphatic rings. The molecule has 2 amide bonds. The van der Waals surface area contributed by atoms with Crippen LogP contribution in [0.4, 0.5) is 10.5 Å². The third kappa shape index (κ3) is 4.66. The molecule has 3 rings (SSSR count). The van der Waals surface area contributed by atoms with Gasteiger partial charge in [-0.2, -0.15) is 4.68 Å². The fourth-order valence-electron chi connectivity index (χ4n) is 2.57. The Balaban J connectivity index is 1.63. The van der Waals surface area contributed by atoms with Gasteiger partial charge in [-0.25, -0.2) is 4.79 Å². The molecule has 0 aliphatic carbocycles. The molecule has 0 aliphatic heterocycles. The zero-order valence-corrected chi connectivity index (χ0v) is 16.1. The Bertz CT molecular complexity index is 879. The molecule has 0 saturated heterocycles. The monoisotopic (exact) mass is 387 g/mol. The second-order valence-electron chi connectivity index (χ2n) is 5.96. The van der Waals surface area contributed by atoms with Crippen molar-refractivity contribution in [1.29, 1.82) is 0 Å². The summed E-state index contributed by atoms with van der Waals surface area (Å²) >= 11 is 1.44. The standard InChI is InChI=1S/C17H21N7O2S/c1-23(2)14(15-8-5-9-26-15)11-18-16(25)19-12-6-4-7-13(10-12)24-17(27-3)20-21-22-24/h4-10,14H,11H2,1-3H3,(H2,18,19,25)/t14-/m1/s1. The molecule has 1 aromatic carbocycles. The van der Waals surface area contributed by atoms with Gasteiger partial charge in [0.1, 0.15) is 5.76 Å².